The van der Waals surface area contributed by atoms with Crippen LogP contribution >= 0.6 is 0 Å². The second kappa shape index (κ2) is 10.3. The van der Waals surface area contributed by atoms with E-state index in [2.05, 4.69) is 46.3 Å². The molecular weight excluding hydrogens is 376 g/mol. The summed E-state index contributed by atoms with van der Waals surface area (Å²) >= 11 is 0. The molecule has 3 rings (SSSR count). The molecule has 2 amide bonds. The summed E-state index contributed by atoms with van der Waals surface area (Å²) in [7, 11) is 0. The number of hydrogen-bond acceptors (Lipinski definition) is 4. The molecule has 0 unspecified atom stereocenters. The van der Waals surface area contributed by atoms with Crippen molar-refractivity contribution in [2.45, 2.75) is 20.8 Å². The van der Waals surface area contributed by atoms with Crippen LogP contribution in [0.5, 0.6) is 0 Å². The van der Waals surface area contributed by atoms with Crippen molar-refractivity contribution in [1.82, 2.24) is 9.80 Å². The first-order valence-electron chi connectivity index (χ1n) is 10.7. The molecule has 1 heterocycles. The van der Waals surface area contributed by atoms with Gasteiger partial charge in [-0.15, -0.1) is 0 Å². The van der Waals surface area contributed by atoms with Crippen molar-refractivity contribution in [1.29, 1.82) is 0 Å². The summed E-state index contributed by atoms with van der Waals surface area (Å²) < 4.78 is 0. The SMILES string of the molecule is CCN(CC)C(=O)c1ccc(NC(=O)CN2CCN(c3ccccc3C)CC2)cc1. The van der Waals surface area contributed by atoms with E-state index in [4.69, 9.17) is 0 Å². The van der Waals surface area contributed by atoms with E-state index in [-0.39, 0.29) is 11.8 Å². The molecule has 0 atom stereocenters. The van der Waals surface area contributed by atoms with Crippen LogP contribution in [-0.4, -0.2) is 67.4 Å². The van der Waals surface area contributed by atoms with Gasteiger partial charge in [0.1, 0.15) is 0 Å². The average Bonchev–Trinajstić information content (AvgIpc) is 2.76. The summed E-state index contributed by atoms with van der Waals surface area (Å²) in [5.74, 6) is -0.00781. The lowest BCUT2D eigenvalue weighted by Crippen LogP contribution is -2.48. The second-order valence-corrected chi connectivity index (χ2v) is 7.65. The van der Waals surface area contributed by atoms with Crippen LogP contribution in [0.25, 0.3) is 0 Å². The Morgan fingerprint density at radius 2 is 1.57 bits per heavy atom. The minimum Gasteiger partial charge on any atom is -0.369 e. The maximum absolute atomic E-state index is 12.5. The van der Waals surface area contributed by atoms with Gasteiger partial charge in [0.25, 0.3) is 5.91 Å². The smallest absolute Gasteiger partial charge is 0.253 e. The van der Waals surface area contributed by atoms with Crippen LogP contribution in [0.15, 0.2) is 48.5 Å². The normalized spacial score (nSPS) is 14.4. The maximum atomic E-state index is 12.5. The van der Waals surface area contributed by atoms with Gasteiger partial charge < -0.3 is 15.1 Å². The Kier molecular flexibility index (Phi) is 7.46. The fraction of sp³-hybridized carbons (Fsp3) is 0.417. The molecule has 6 heteroatoms. The summed E-state index contributed by atoms with van der Waals surface area (Å²) in [6, 6.07) is 15.6. The van der Waals surface area contributed by atoms with E-state index < -0.39 is 0 Å². The molecule has 0 saturated carbocycles. The zero-order valence-corrected chi connectivity index (χ0v) is 18.2. The largest absolute Gasteiger partial charge is 0.369 e. The molecule has 160 valence electrons. The highest BCUT2D eigenvalue weighted by molar-refractivity contribution is 5.96. The number of benzene rings is 2. The van der Waals surface area contributed by atoms with E-state index in [1.165, 1.54) is 11.3 Å². The van der Waals surface area contributed by atoms with Crippen molar-refractivity contribution in [3.05, 3.63) is 59.7 Å². The standard InChI is InChI=1S/C24H32N4O2/c1-4-27(5-2)24(30)20-10-12-21(13-11-20)25-23(29)18-26-14-16-28(17-15-26)22-9-7-6-8-19(22)3/h6-13H,4-5,14-18H2,1-3H3,(H,25,29). The quantitative estimate of drug-likeness (QED) is 0.764. The fourth-order valence-electron chi connectivity index (χ4n) is 3.86. The number of para-hydroxylation sites is 1. The molecule has 0 aliphatic carbocycles. The molecular formula is C24H32N4O2. The molecule has 1 N–H and O–H groups in total. The molecule has 1 saturated heterocycles. The third kappa shape index (κ3) is 5.39. The summed E-state index contributed by atoms with van der Waals surface area (Å²) in [6.45, 7) is 11.4. The van der Waals surface area contributed by atoms with Gasteiger partial charge in [-0.05, 0) is 56.7 Å². The van der Waals surface area contributed by atoms with Crippen LogP contribution < -0.4 is 10.2 Å². The maximum Gasteiger partial charge on any atom is 0.253 e. The van der Waals surface area contributed by atoms with E-state index in [0.29, 0.717) is 25.2 Å². The third-order valence-corrected chi connectivity index (χ3v) is 5.66. The molecule has 1 aliphatic heterocycles. The molecule has 0 spiro atoms. The van der Waals surface area contributed by atoms with E-state index in [9.17, 15) is 9.59 Å². The first kappa shape index (κ1) is 21.8. The molecule has 2 aromatic carbocycles. The van der Waals surface area contributed by atoms with Crippen molar-refractivity contribution in [3.63, 3.8) is 0 Å². The van der Waals surface area contributed by atoms with Gasteiger partial charge in [0.2, 0.25) is 5.91 Å². The van der Waals surface area contributed by atoms with Gasteiger partial charge in [0.15, 0.2) is 0 Å². The molecule has 6 nitrogen and oxygen atoms in total. The zero-order chi connectivity index (χ0) is 21.5. The summed E-state index contributed by atoms with van der Waals surface area (Å²) in [6.07, 6.45) is 0. The van der Waals surface area contributed by atoms with Gasteiger partial charge >= 0.3 is 0 Å². The molecule has 0 bridgehead atoms. The Balaban J connectivity index is 1.48. The van der Waals surface area contributed by atoms with Crippen molar-refractivity contribution in [3.8, 4) is 0 Å². The van der Waals surface area contributed by atoms with Crippen molar-refractivity contribution < 1.29 is 9.59 Å². The van der Waals surface area contributed by atoms with Gasteiger partial charge in [-0.1, -0.05) is 18.2 Å². The monoisotopic (exact) mass is 408 g/mol. The van der Waals surface area contributed by atoms with Gasteiger partial charge in [0, 0.05) is 56.2 Å². The van der Waals surface area contributed by atoms with Crippen molar-refractivity contribution in [2.24, 2.45) is 0 Å². The highest BCUT2D eigenvalue weighted by Crippen LogP contribution is 2.20. The highest BCUT2D eigenvalue weighted by atomic mass is 16.2. The van der Waals surface area contributed by atoms with Gasteiger partial charge in [-0.2, -0.15) is 0 Å². The predicted octanol–water partition coefficient (Wildman–Crippen LogP) is 3.24. The van der Waals surface area contributed by atoms with Crippen LogP contribution in [-0.2, 0) is 4.79 Å². The second-order valence-electron chi connectivity index (χ2n) is 7.65. The van der Waals surface area contributed by atoms with Crippen LogP contribution in [0.2, 0.25) is 0 Å². The summed E-state index contributed by atoms with van der Waals surface area (Å²) in [5.41, 5.74) is 3.92. The topological polar surface area (TPSA) is 55.9 Å². The lowest BCUT2D eigenvalue weighted by atomic mass is 10.1. The summed E-state index contributed by atoms with van der Waals surface area (Å²) in [4.78, 5) is 31.2. The average molecular weight is 409 g/mol. The molecule has 30 heavy (non-hydrogen) atoms. The van der Waals surface area contributed by atoms with Crippen molar-refractivity contribution in [2.75, 3.05) is 56.0 Å². The number of nitrogens with zero attached hydrogens (tertiary/aromatic N) is 3. The number of nitrogens with one attached hydrogen (secondary N) is 1. The number of anilines is 2. The third-order valence-electron chi connectivity index (χ3n) is 5.66. The van der Waals surface area contributed by atoms with E-state index in [1.807, 2.05) is 13.8 Å². The number of hydrogen-bond donors (Lipinski definition) is 1. The zero-order valence-electron chi connectivity index (χ0n) is 18.2. The van der Waals surface area contributed by atoms with Crippen LogP contribution in [0.1, 0.15) is 29.8 Å². The van der Waals surface area contributed by atoms with Gasteiger partial charge in [-0.3, -0.25) is 14.5 Å². The van der Waals surface area contributed by atoms with Crippen molar-refractivity contribution >= 4 is 23.2 Å². The highest BCUT2D eigenvalue weighted by Gasteiger charge is 2.20. The first-order valence-corrected chi connectivity index (χ1v) is 10.7. The molecule has 1 fully saturated rings. The van der Waals surface area contributed by atoms with Crippen LogP contribution in [0.3, 0.4) is 0 Å². The number of carbonyl (C=O) groups is 2. The Bertz CT molecular complexity index is 854. The molecule has 0 radical (unpaired) electrons. The van der Waals surface area contributed by atoms with Gasteiger partial charge in [-0.25, -0.2) is 0 Å². The molecule has 2 aromatic rings. The lowest BCUT2D eigenvalue weighted by molar-refractivity contribution is -0.117. The minimum atomic E-state index is -0.0258. The van der Waals surface area contributed by atoms with Crippen LogP contribution in [0, 0.1) is 6.92 Å². The number of piperazine rings is 1. The van der Waals surface area contributed by atoms with E-state index in [1.54, 1.807) is 29.2 Å². The van der Waals surface area contributed by atoms with Crippen LogP contribution in [0.4, 0.5) is 11.4 Å². The Hall–Kier alpha value is -2.86. The van der Waals surface area contributed by atoms with Gasteiger partial charge in [0.05, 0.1) is 6.54 Å². The number of amides is 2. The minimum absolute atomic E-state index is 0.0180. The number of carbonyl (C=O) groups excluding carboxylic acids is 2. The Labute approximate surface area is 179 Å². The number of rotatable bonds is 7. The summed E-state index contributed by atoms with van der Waals surface area (Å²) in [5, 5.41) is 2.95. The lowest BCUT2D eigenvalue weighted by Gasteiger charge is -2.36. The van der Waals surface area contributed by atoms with E-state index >= 15 is 0 Å². The number of aryl methyl sites for hydroxylation is 1. The molecule has 0 aromatic heterocycles. The Morgan fingerprint density at radius 3 is 2.17 bits per heavy atom. The van der Waals surface area contributed by atoms with E-state index in [0.717, 1.165) is 31.9 Å². The predicted molar refractivity (Wildman–Crippen MR) is 122 cm³/mol. The Morgan fingerprint density at radius 1 is 0.933 bits per heavy atom. The fourth-order valence-corrected chi connectivity index (χ4v) is 3.86. The molecule has 1 aliphatic rings. The first-order chi connectivity index (χ1) is 14.5.